The first-order valence-electron chi connectivity index (χ1n) is 11.6. The van der Waals surface area contributed by atoms with Crippen LogP contribution in [-0.2, 0) is 6.54 Å². The van der Waals surface area contributed by atoms with Crippen molar-refractivity contribution in [3.8, 4) is 5.75 Å². The molecule has 0 saturated heterocycles. The summed E-state index contributed by atoms with van der Waals surface area (Å²) in [6.45, 7) is 3.50. The Labute approximate surface area is 212 Å². The van der Waals surface area contributed by atoms with Crippen molar-refractivity contribution in [3.63, 3.8) is 0 Å². The number of benzene rings is 3. The van der Waals surface area contributed by atoms with Crippen LogP contribution in [0.25, 0.3) is 0 Å². The summed E-state index contributed by atoms with van der Waals surface area (Å²) in [4.78, 5) is 26.3. The zero-order valence-corrected chi connectivity index (χ0v) is 20.4. The van der Waals surface area contributed by atoms with E-state index in [2.05, 4.69) is 10.4 Å². The van der Waals surface area contributed by atoms with E-state index in [0.29, 0.717) is 28.4 Å². The molecule has 1 unspecified atom stereocenters. The smallest absolute Gasteiger partial charge is 0.312 e. The van der Waals surface area contributed by atoms with Gasteiger partial charge in [-0.3, -0.25) is 24.5 Å². The highest BCUT2D eigenvalue weighted by molar-refractivity contribution is 6.10. The Bertz CT molecular complexity index is 1520. The normalized spacial score (nSPS) is 14.3. The number of carbonyl (C=O) groups excluding carboxylic acids is 1. The number of amides is 1. The number of anilines is 2. The van der Waals surface area contributed by atoms with Gasteiger partial charge in [-0.2, -0.15) is 5.10 Å². The number of hydrogen-bond acceptors (Lipinski definition) is 6. The fourth-order valence-corrected chi connectivity index (χ4v) is 4.71. The Morgan fingerprint density at radius 1 is 1.14 bits per heavy atom. The summed E-state index contributed by atoms with van der Waals surface area (Å²) in [7, 11) is 1.55. The Kier molecular flexibility index (Phi) is 6.08. The molecule has 4 aromatic rings. The summed E-state index contributed by atoms with van der Waals surface area (Å²) in [5, 5.41) is 19.2. The van der Waals surface area contributed by atoms with Crippen molar-refractivity contribution in [2.24, 2.45) is 0 Å². The number of nitro groups is 1. The van der Waals surface area contributed by atoms with Crippen molar-refractivity contribution >= 4 is 23.0 Å². The van der Waals surface area contributed by atoms with Gasteiger partial charge in [0.25, 0.3) is 5.91 Å². The van der Waals surface area contributed by atoms with Gasteiger partial charge in [-0.1, -0.05) is 18.2 Å². The molecule has 1 aliphatic rings. The maximum Gasteiger partial charge on any atom is 0.312 e. The number of hydrogen-bond donors (Lipinski definition) is 1. The number of carbonyl (C=O) groups is 1. The van der Waals surface area contributed by atoms with Crippen LogP contribution in [0, 0.1) is 29.8 Å². The average molecular weight is 502 g/mol. The third kappa shape index (κ3) is 4.26. The van der Waals surface area contributed by atoms with Crippen molar-refractivity contribution in [1.82, 2.24) is 9.78 Å². The lowest BCUT2D eigenvalue weighted by atomic mass is 10.1. The molecule has 0 fully saturated rings. The molecule has 1 atom stereocenters. The van der Waals surface area contributed by atoms with Gasteiger partial charge in [0.05, 0.1) is 30.0 Å². The summed E-state index contributed by atoms with van der Waals surface area (Å²) in [6.07, 6.45) is -0.547. The average Bonchev–Trinajstić information content (AvgIpc) is 3.40. The Balaban J connectivity index is 1.55. The first kappa shape index (κ1) is 24.0. The van der Waals surface area contributed by atoms with E-state index < -0.39 is 16.9 Å². The molecule has 0 aliphatic carbocycles. The minimum atomic E-state index is -0.547. The number of aromatic nitrogens is 2. The van der Waals surface area contributed by atoms with E-state index >= 15 is 0 Å². The summed E-state index contributed by atoms with van der Waals surface area (Å²) in [5.41, 5.74) is 4.12. The van der Waals surface area contributed by atoms with Gasteiger partial charge in [-0.15, -0.1) is 0 Å². The predicted molar refractivity (Wildman–Crippen MR) is 136 cm³/mol. The molecule has 10 heteroatoms. The molecule has 2 heterocycles. The predicted octanol–water partition coefficient (Wildman–Crippen LogP) is 5.38. The highest BCUT2D eigenvalue weighted by Crippen LogP contribution is 2.42. The van der Waals surface area contributed by atoms with Crippen LogP contribution in [-0.4, -0.2) is 27.7 Å². The van der Waals surface area contributed by atoms with E-state index in [0.717, 1.165) is 16.8 Å². The van der Waals surface area contributed by atoms with Crippen molar-refractivity contribution in [2.45, 2.75) is 26.6 Å². The maximum absolute atomic E-state index is 13.6. The van der Waals surface area contributed by atoms with Crippen molar-refractivity contribution in [3.05, 3.63) is 111 Å². The van der Waals surface area contributed by atoms with Crippen LogP contribution in [0.1, 0.15) is 39.0 Å². The highest BCUT2D eigenvalue weighted by atomic mass is 19.1. The largest absolute Gasteiger partial charge is 0.496 e. The Morgan fingerprint density at radius 3 is 2.54 bits per heavy atom. The molecule has 1 aliphatic heterocycles. The number of para-hydroxylation sites is 2. The van der Waals surface area contributed by atoms with Crippen LogP contribution in [0.2, 0.25) is 0 Å². The number of nitrogens with zero attached hydrogens (tertiary/aromatic N) is 4. The molecule has 1 aromatic heterocycles. The van der Waals surface area contributed by atoms with E-state index in [4.69, 9.17) is 4.74 Å². The van der Waals surface area contributed by atoms with Gasteiger partial charge in [0.15, 0.2) is 0 Å². The third-order valence-electron chi connectivity index (χ3n) is 6.49. The molecule has 0 spiro atoms. The van der Waals surface area contributed by atoms with Crippen LogP contribution in [0.5, 0.6) is 5.75 Å². The lowest BCUT2D eigenvalue weighted by Gasteiger charge is -2.26. The first-order chi connectivity index (χ1) is 17.8. The molecule has 5 rings (SSSR count). The van der Waals surface area contributed by atoms with Gasteiger partial charge in [0.2, 0.25) is 0 Å². The fraction of sp³-hybridized carbons (Fsp3) is 0.185. The fourth-order valence-electron chi connectivity index (χ4n) is 4.71. The van der Waals surface area contributed by atoms with Gasteiger partial charge >= 0.3 is 5.69 Å². The van der Waals surface area contributed by atoms with E-state index in [1.807, 2.05) is 36.4 Å². The number of nitrogens with one attached hydrogen (secondary N) is 1. The number of fused-ring (bicyclic) bond motifs is 1. The summed E-state index contributed by atoms with van der Waals surface area (Å²) in [6, 6.07) is 18.5. The van der Waals surface area contributed by atoms with E-state index in [-0.39, 0.29) is 18.1 Å². The molecule has 188 valence electrons. The molecular formula is C27H24FN5O4. The molecular weight excluding hydrogens is 477 g/mol. The molecule has 3 aromatic carbocycles. The zero-order valence-electron chi connectivity index (χ0n) is 20.4. The van der Waals surface area contributed by atoms with E-state index in [1.165, 1.54) is 24.3 Å². The monoisotopic (exact) mass is 501 g/mol. The zero-order chi connectivity index (χ0) is 26.3. The molecule has 0 bridgehead atoms. The van der Waals surface area contributed by atoms with Crippen molar-refractivity contribution in [2.75, 3.05) is 17.3 Å². The molecule has 0 saturated carbocycles. The van der Waals surface area contributed by atoms with Gasteiger partial charge in [-0.05, 0) is 67.9 Å². The van der Waals surface area contributed by atoms with Crippen LogP contribution in [0.3, 0.4) is 0 Å². The second kappa shape index (κ2) is 9.38. The Hall–Kier alpha value is -4.73. The lowest BCUT2D eigenvalue weighted by Crippen LogP contribution is -2.34. The first-order valence-corrected chi connectivity index (χ1v) is 11.6. The van der Waals surface area contributed by atoms with Crippen LogP contribution in [0.4, 0.5) is 21.5 Å². The second-order valence-corrected chi connectivity index (χ2v) is 8.75. The number of halogens is 1. The lowest BCUT2D eigenvalue weighted by molar-refractivity contribution is -0.386. The topological polar surface area (TPSA) is 103 Å². The molecule has 37 heavy (non-hydrogen) atoms. The second-order valence-electron chi connectivity index (χ2n) is 8.75. The van der Waals surface area contributed by atoms with Gasteiger partial charge in [0.1, 0.15) is 29.1 Å². The van der Waals surface area contributed by atoms with E-state index in [9.17, 15) is 19.3 Å². The highest BCUT2D eigenvalue weighted by Gasteiger charge is 2.35. The number of aryl methyl sites for hydroxylation is 1. The molecule has 9 nitrogen and oxygen atoms in total. The summed E-state index contributed by atoms with van der Waals surface area (Å²) >= 11 is 0. The Morgan fingerprint density at radius 2 is 1.86 bits per heavy atom. The third-order valence-corrected chi connectivity index (χ3v) is 6.49. The quantitative estimate of drug-likeness (QED) is 0.281. The SMILES string of the molecule is COc1ccc(C2Nc3ccccc3N2C(=O)c2ccc(F)cc2)cc1Cn1nc(C)c([N+](=O)[O-])c1C. The van der Waals surface area contributed by atoms with Crippen LogP contribution < -0.4 is 15.0 Å². The van der Waals surface area contributed by atoms with Crippen molar-refractivity contribution < 1.29 is 18.8 Å². The van der Waals surface area contributed by atoms with Crippen molar-refractivity contribution in [1.29, 1.82) is 0 Å². The minimum Gasteiger partial charge on any atom is -0.496 e. The minimum absolute atomic E-state index is 0.0147. The maximum atomic E-state index is 13.6. The van der Waals surface area contributed by atoms with E-state index in [1.54, 1.807) is 36.6 Å². The van der Waals surface area contributed by atoms with Gasteiger partial charge in [0, 0.05) is 11.1 Å². The molecule has 1 amide bonds. The molecule has 1 N–H and O–H groups in total. The van der Waals surface area contributed by atoms with Gasteiger partial charge in [-0.25, -0.2) is 4.39 Å². The summed E-state index contributed by atoms with van der Waals surface area (Å²) < 4.78 is 20.6. The standard InChI is InChI=1S/C27H24FN5O4/c1-16-25(33(35)36)17(2)31(30-16)15-20-14-19(10-13-24(20)37-3)26-29-22-6-4-5-7-23(22)32(26)27(34)18-8-11-21(28)12-9-18/h4-14,26,29H,15H2,1-3H3. The van der Waals surface area contributed by atoms with Crippen LogP contribution >= 0.6 is 0 Å². The molecule has 0 radical (unpaired) electrons. The number of ether oxygens (including phenoxy) is 1. The number of rotatable bonds is 6. The number of methoxy groups -OCH3 is 1. The van der Waals surface area contributed by atoms with Crippen LogP contribution in [0.15, 0.2) is 66.7 Å². The van der Waals surface area contributed by atoms with Gasteiger partial charge < -0.3 is 10.1 Å². The summed E-state index contributed by atoms with van der Waals surface area (Å²) in [5.74, 6) is -0.114.